The van der Waals surface area contributed by atoms with Gasteiger partial charge in [-0.05, 0) is 12.1 Å². The Morgan fingerprint density at radius 1 is 1.33 bits per heavy atom. The molecule has 0 spiro atoms. The van der Waals surface area contributed by atoms with E-state index in [-0.39, 0.29) is 22.3 Å². The van der Waals surface area contributed by atoms with E-state index >= 15 is 0 Å². The van der Waals surface area contributed by atoms with Crippen molar-refractivity contribution in [2.24, 2.45) is 5.92 Å². The number of halogens is 3. The predicted molar refractivity (Wildman–Crippen MR) is 52.1 cm³/mol. The molecule has 1 heterocycles. The van der Waals surface area contributed by atoms with Crippen LogP contribution < -0.4 is 5.32 Å². The first-order valence-corrected chi connectivity index (χ1v) is 4.87. The van der Waals surface area contributed by atoms with Crippen molar-refractivity contribution in [1.82, 2.24) is 5.32 Å². The quantitative estimate of drug-likeness (QED) is 0.623. The summed E-state index contributed by atoms with van der Waals surface area (Å²) in [5, 5.41) is 2.58. The Morgan fingerprint density at radius 2 is 2.00 bits per heavy atom. The molecular formula is C10H8ClF2NO. The summed E-state index contributed by atoms with van der Waals surface area (Å²) in [5.74, 6) is -2.16. The van der Waals surface area contributed by atoms with Crippen molar-refractivity contribution in [3.8, 4) is 0 Å². The first kappa shape index (κ1) is 10.5. The molecule has 2 nitrogen and oxygen atoms in total. The molecule has 0 radical (unpaired) electrons. The molecule has 5 heteroatoms. The van der Waals surface area contributed by atoms with E-state index in [9.17, 15) is 13.6 Å². The maximum Gasteiger partial charge on any atom is 0.171 e. The Bertz CT molecular complexity index is 418. The van der Waals surface area contributed by atoms with Gasteiger partial charge in [0, 0.05) is 19.0 Å². The molecule has 1 aromatic rings. The van der Waals surface area contributed by atoms with E-state index in [1.165, 1.54) is 0 Å². The first-order chi connectivity index (χ1) is 7.09. The molecule has 2 rings (SSSR count). The van der Waals surface area contributed by atoms with E-state index in [1.54, 1.807) is 0 Å². The number of rotatable bonds is 2. The third-order valence-corrected chi connectivity index (χ3v) is 2.72. The minimum absolute atomic E-state index is 0.219. The van der Waals surface area contributed by atoms with Gasteiger partial charge in [0.2, 0.25) is 0 Å². The van der Waals surface area contributed by atoms with Crippen LogP contribution in [-0.4, -0.2) is 18.9 Å². The zero-order chi connectivity index (χ0) is 11.0. The highest BCUT2D eigenvalue weighted by Gasteiger charge is 2.28. The van der Waals surface area contributed by atoms with Crippen LogP contribution in [0.4, 0.5) is 8.78 Å². The Labute approximate surface area is 90.2 Å². The van der Waals surface area contributed by atoms with Crippen LogP contribution in [0.1, 0.15) is 10.4 Å². The summed E-state index contributed by atoms with van der Waals surface area (Å²) in [6, 6.07) is 1.69. The lowest BCUT2D eigenvalue weighted by molar-refractivity contribution is 0.0873. The van der Waals surface area contributed by atoms with Crippen molar-refractivity contribution < 1.29 is 13.6 Å². The summed E-state index contributed by atoms with van der Waals surface area (Å²) < 4.78 is 26.3. The summed E-state index contributed by atoms with van der Waals surface area (Å²) in [6.07, 6.45) is 0. The van der Waals surface area contributed by atoms with Crippen molar-refractivity contribution in [2.45, 2.75) is 0 Å². The van der Waals surface area contributed by atoms with Crippen LogP contribution in [0.2, 0.25) is 5.02 Å². The van der Waals surface area contributed by atoms with Gasteiger partial charge in [-0.25, -0.2) is 8.78 Å². The third kappa shape index (κ3) is 1.87. The summed E-state index contributed by atoms with van der Waals surface area (Å²) in [7, 11) is 0. The van der Waals surface area contributed by atoms with Gasteiger partial charge < -0.3 is 5.32 Å². The lowest BCUT2D eigenvalue weighted by Crippen LogP contribution is -2.46. The second-order valence-electron chi connectivity index (χ2n) is 3.47. The van der Waals surface area contributed by atoms with Crippen LogP contribution in [-0.2, 0) is 0 Å². The van der Waals surface area contributed by atoms with Gasteiger partial charge in [-0.3, -0.25) is 4.79 Å². The van der Waals surface area contributed by atoms with Crippen LogP contribution >= 0.6 is 11.6 Å². The summed E-state index contributed by atoms with van der Waals surface area (Å²) in [6.45, 7) is 1.03. The molecule has 0 saturated carbocycles. The van der Waals surface area contributed by atoms with Gasteiger partial charge >= 0.3 is 0 Å². The fourth-order valence-corrected chi connectivity index (χ4v) is 1.56. The fourth-order valence-electron chi connectivity index (χ4n) is 1.41. The molecule has 1 N–H and O–H groups in total. The molecule has 1 saturated heterocycles. The average Bonchev–Trinajstić information content (AvgIpc) is 2.08. The van der Waals surface area contributed by atoms with Gasteiger partial charge in [-0.15, -0.1) is 0 Å². The van der Waals surface area contributed by atoms with E-state index in [1.807, 2.05) is 0 Å². The fraction of sp³-hybridized carbons (Fsp3) is 0.300. The van der Waals surface area contributed by atoms with Crippen molar-refractivity contribution in [2.75, 3.05) is 13.1 Å². The monoisotopic (exact) mass is 231 g/mol. The van der Waals surface area contributed by atoms with Crippen molar-refractivity contribution in [3.63, 3.8) is 0 Å². The third-order valence-electron chi connectivity index (χ3n) is 2.43. The normalized spacial score (nSPS) is 16.2. The number of hydrogen-bond donors (Lipinski definition) is 1. The number of ketones is 1. The molecule has 0 bridgehead atoms. The highest BCUT2D eigenvalue weighted by atomic mass is 35.5. The van der Waals surface area contributed by atoms with Gasteiger partial charge in [0.05, 0.1) is 10.6 Å². The zero-order valence-electron chi connectivity index (χ0n) is 7.69. The summed E-state index contributed by atoms with van der Waals surface area (Å²) >= 11 is 5.38. The first-order valence-electron chi connectivity index (χ1n) is 4.49. The largest absolute Gasteiger partial charge is 0.315 e. The minimum Gasteiger partial charge on any atom is -0.315 e. The van der Waals surface area contributed by atoms with Gasteiger partial charge in [0.15, 0.2) is 5.78 Å². The Morgan fingerprint density at radius 3 is 2.53 bits per heavy atom. The lowest BCUT2D eigenvalue weighted by atomic mass is 9.92. The van der Waals surface area contributed by atoms with E-state index in [0.717, 1.165) is 12.1 Å². The number of Topliss-reactive ketones (excluding diaryl/α,β-unsaturated/α-hetero) is 1. The van der Waals surface area contributed by atoms with Gasteiger partial charge in [-0.1, -0.05) is 11.6 Å². The molecule has 1 fully saturated rings. The molecule has 80 valence electrons. The van der Waals surface area contributed by atoms with E-state index in [2.05, 4.69) is 5.32 Å². The van der Waals surface area contributed by atoms with Crippen LogP contribution in [0.25, 0.3) is 0 Å². The van der Waals surface area contributed by atoms with E-state index in [4.69, 9.17) is 11.6 Å². The van der Waals surface area contributed by atoms with Crippen molar-refractivity contribution in [3.05, 3.63) is 34.4 Å². The highest BCUT2D eigenvalue weighted by molar-refractivity contribution is 6.30. The van der Waals surface area contributed by atoms with Crippen LogP contribution in [0.15, 0.2) is 12.1 Å². The molecular weight excluding hydrogens is 224 g/mol. The molecule has 0 atom stereocenters. The maximum atomic E-state index is 13.3. The number of hydrogen-bond acceptors (Lipinski definition) is 2. The second-order valence-corrected chi connectivity index (χ2v) is 3.87. The number of carbonyl (C=O) groups is 1. The molecule has 0 aromatic heterocycles. The molecule has 0 amide bonds. The molecule has 1 aliphatic heterocycles. The molecule has 1 aliphatic rings. The smallest absolute Gasteiger partial charge is 0.171 e. The number of nitrogens with one attached hydrogen (secondary N) is 1. The Hall–Kier alpha value is -1.00. The molecule has 0 aliphatic carbocycles. The molecule has 0 unspecified atom stereocenters. The average molecular weight is 232 g/mol. The summed E-state index contributed by atoms with van der Waals surface area (Å²) in [4.78, 5) is 11.6. The lowest BCUT2D eigenvalue weighted by Gasteiger charge is -2.25. The highest BCUT2D eigenvalue weighted by Crippen LogP contribution is 2.22. The van der Waals surface area contributed by atoms with Gasteiger partial charge in [0.25, 0.3) is 0 Å². The minimum atomic E-state index is -0.770. The predicted octanol–water partition coefficient (Wildman–Crippen LogP) is 2.02. The van der Waals surface area contributed by atoms with Crippen LogP contribution in [0, 0.1) is 17.6 Å². The SMILES string of the molecule is O=C(c1cc(F)c(Cl)cc1F)C1CNC1. The van der Waals surface area contributed by atoms with E-state index < -0.39 is 11.6 Å². The van der Waals surface area contributed by atoms with Crippen molar-refractivity contribution in [1.29, 1.82) is 0 Å². The van der Waals surface area contributed by atoms with Crippen molar-refractivity contribution >= 4 is 17.4 Å². The van der Waals surface area contributed by atoms with Crippen LogP contribution in [0.3, 0.4) is 0 Å². The zero-order valence-corrected chi connectivity index (χ0v) is 8.44. The van der Waals surface area contributed by atoms with Gasteiger partial charge in [-0.2, -0.15) is 0 Å². The molecule has 1 aromatic carbocycles. The standard InChI is InChI=1S/C10H8ClF2NO/c11-7-2-8(12)6(1-9(7)13)10(15)5-3-14-4-5/h1-2,5,14H,3-4H2. The van der Waals surface area contributed by atoms with Gasteiger partial charge in [0.1, 0.15) is 11.6 Å². The Kier molecular flexibility index (Phi) is 2.71. The number of carbonyl (C=O) groups excluding carboxylic acids is 1. The van der Waals surface area contributed by atoms with Crippen LogP contribution in [0.5, 0.6) is 0 Å². The van der Waals surface area contributed by atoms with E-state index in [0.29, 0.717) is 13.1 Å². The summed E-state index contributed by atoms with van der Waals surface area (Å²) in [5.41, 5.74) is -0.219. The number of benzene rings is 1. The second kappa shape index (κ2) is 3.87. The maximum absolute atomic E-state index is 13.3. The topological polar surface area (TPSA) is 29.1 Å². The Balaban J connectivity index is 2.34. The molecule has 15 heavy (non-hydrogen) atoms.